The molecule has 0 unspecified atom stereocenters. The van der Waals surface area contributed by atoms with E-state index in [9.17, 15) is 4.79 Å². The van der Waals surface area contributed by atoms with Crippen LogP contribution in [0.5, 0.6) is 0 Å². The van der Waals surface area contributed by atoms with Gasteiger partial charge in [-0.2, -0.15) is 0 Å². The fourth-order valence-corrected chi connectivity index (χ4v) is 2.91. The molecular weight excluding hydrogens is 216 g/mol. The van der Waals surface area contributed by atoms with Crippen LogP contribution in [0.1, 0.15) is 26.7 Å². The average Bonchev–Trinajstić information content (AvgIpc) is 2.26. The Bertz CT molecular complexity index is 267. The van der Waals surface area contributed by atoms with Gasteiger partial charge in [-0.25, -0.2) is 0 Å². The zero-order valence-corrected chi connectivity index (χ0v) is 10.9. The molecule has 1 saturated carbocycles. The molecule has 0 radical (unpaired) electrons. The van der Waals surface area contributed by atoms with Gasteiger partial charge in [0.05, 0.1) is 0 Å². The molecule has 1 amide bonds. The lowest BCUT2D eigenvalue weighted by molar-refractivity contribution is -0.136. The number of carbonyl (C=O) groups excluding carboxylic acids is 1. The molecule has 1 heterocycles. The van der Waals surface area contributed by atoms with Crippen LogP contribution in [-0.4, -0.2) is 59.6 Å². The van der Waals surface area contributed by atoms with E-state index in [1.807, 2.05) is 0 Å². The van der Waals surface area contributed by atoms with Crippen LogP contribution in [0.3, 0.4) is 0 Å². The fraction of sp³-hybridized carbons (Fsp3) is 0.923. The highest BCUT2D eigenvalue weighted by molar-refractivity contribution is 5.77. The molecule has 0 aromatic heterocycles. The van der Waals surface area contributed by atoms with Gasteiger partial charge in [0.15, 0.2) is 0 Å². The van der Waals surface area contributed by atoms with Gasteiger partial charge in [0.2, 0.25) is 5.91 Å². The van der Waals surface area contributed by atoms with Crippen molar-refractivity contribution in [1.82, 2.24) is 9.80 Å². The number of carbonyl (C=O) groups is 1. The van der Waals surface area contributed by atoms with E-state index in [-0.39, 0.29) is 12.5 Å². The van der Waals surface area contributed by atoms with E-state index in [2.05, 4.69) is 18.7 Å². The minimum Gasteiger partial charge on any atom is -0.387 e. The summed E-state index contributed by atoms with van der Waals surface area (Å²) in [7, 11) is 0. The van der Waals surface area contributed by atoms with E-state index in [0.29, 0.717) is 0 Å². The molecule has 0 aromatic rings. The number of amides is 1. The predicted octanol–water partition coefficient (Wildman–Crippen LogP) is 0.557. The quantitative estimate of drug-likeness (QED) is 0.784. The van der Waals surface area contributed by atoms with Gasteiger partial charge >= 0.3 is 0 Å². The largest absolute Gasteiger partial charge is 0.387 e. The third-order valence-corrected chi connectivity index (χ3v) is 4.41. The zero-order chi connectivity index (χ0) is 12.4. The second kappa shape index (κ2) is 5.36. The van der Waals surface area contributed by atoms with Gasteiger partial charge in [0.25, 0.3) is 0 Å². The lowest BCUT2D eigenvalue weighted by Gasteiger charge is -2.47. The number of nitrogens with zero attached hydrogens (tertiary/aromatic N) is 2. The van der Waals surface area contributed by atoms with Crippen LogP contribution < -0.4 is 0 Å². The maximum atomic E-state index is 11.3. The van der Waals surface area contributed by atoms with Crippen molar-refractivity contribution in [2.75, 3.05) is 32.8 Å². The van der Waals surface area contributed by atoms with Crippen LogP contribution in [0.15, 0.2) is 0 Å². The monoisotopic (exact) mass is 240 g/mol. The van der Waals surface area contributed by atoms with Crippen molar-refractivity contribution in [2.24, 2.45) is 11.8 Å². The lowest BCUT2D eigenvalue weighted by Crippen LogP contribution is -2.56. The predicted molar refractivity (Wildman–Crippen MR) is 66.6 cm³/mol. The number of aliphatic hydroxyl groups is 1. The Hall–Kier alpha value is -0.610. The first kappa shape index (κ1) is 12.8. The molecule has 4 heteroatoms. The highest BCUT2D eigenvalue weighted by atomic mass is 16.3. The molecule has 0 spiro atoms. The number of hydrogen-bond acceptors (Lipinski definition) is 3. The molecule has 17 heavy (non-hydrogen) atoms. The summed E-state index contributed by atoms with van der Waals surface area (Å²) in [5, 5.41) is 8.81. The van der Waals surface area contributed by atoms with Crippen molar-refractivity contribution in [3.05, 3.63) is 0 Å². The van der Waals surface area contributed by atoms with Crippen LogP contribution in [0.2, 0.25) is 0 Å². The van der Waals surface area contributed by atoms with Crippen LogP contribution in [0, 0.1) is 11.8 Å². The Kier molecular flexibility index (Phi) is 4.05. The van der Waals surface area contributed by atoms with Gasteiger partial charge in [0.1, 0.15) is 6.61 Å². The van der Waals surface area contributed by atoms with Crippen LogP contribution in [0.25, 0.3) is 0 Å². The first-order valence-corrected chi connectivity index (χ1v) is 6.74. The van der Waals surface area contributed by atoms with E-state index >= 15 is 0 Å². The van der Waals surface area contributed by atoms with Crippen molar-refractivity contribution in [3.8, 4) is 0 Å². The molecule has 1 saturated heterocycles. The maximum Gasteiger partial charge on any atom is 0.248 e. The highest BCUT2D eigenvalue weighted by Crippen LogP contribution is 2.37. The van der Waals surface area contributed by atoms with Crippen LogP contribution in [0.4, 0.5) is 0 Å². The van der Waals surface area contributed by atoms with Crippen molar-refractivity contribution in [3.63, 3.8) is 0 Å². The summed E-state index contributed by atoms with van der Waals surface area (Å²) >= 11 is 0. The first-order valence-electron chi connectivity index (χ1n) is 6.74. The first-order chi connectivity index (χ1) is 8.11. The van der Waals surface area contributed by atoms with Crippen molar-refractivity contribution >= 4 is 5.91 Å². The van der Waals surface area contributed by atoms with Gasteiger partial charge in [-0.05, 0) is 24.7 Å². The Labute approximate surface area is 104 Å². The summed E-state index contributed by atoms with van der Waals surface area (Å²) in [5.74, 6) is 1.58. The standard InChI is InChI=1S/C13H24N2O2/c1-10(2)11-7-12(8-11)14-3-5-15(6-4-14)13(17)9-16/h10-12,16H,3-9H2,1-2H3. The topological polar surface area (TPSA) is 43.8 Å². The minimum atomic E-state index is -0.348. The third kappa shape index (κ3) is 2.80. The molecular formula is C13H24N2O2. The summed E-state index contributed by atoms with van der Waals surface area (Å²) in [5.41, 5.74) is 0. The van der Waals surface area contributed by atoms with Crippen molar-refractivity contribution < 1.29 is 9.90 Å². The van der Waals surface area contributed by atoms with Gasteiger partial charge in [0, 0.05) is 32.2 Å². The molecule has 1 aliphatic heterocycles. The maximum absolute atomic E-state index is 11.3. The van der Waals surface area contributed by atoms with E-state index in [1.54, 1.807) is 4.90 Å². The number of piperazine rings is 1. The SMILES string of the molecule is CC(C)C1CC(N2CCN(C(=O)CO)CC2)C1. The van der Waals surface area contributed by atoms with Crippen molar-refractivity contribution in [2.45, 2.75) is 32.7 Å². The minimum absolute atomic E-state index is 0.127. The highest BCUT2D eigenvalue weighted by Gasteiger charge is 2.36. The summed E-state index contributed by atoms with van der Waals surface area (Å²) in [6.07, 6.45) is 2.65. The van der Waals surface area contributed by atoms with E-state index in [1.165, 1.54) is 12.8 Å². The normalized spacial score (nSPS) is 30.5. The van der Waals surface area contributed by atoms with Crippen LogP contribution >= 0.6 is 0 Å². The zero-order valence-electron chi connectivity index (χ0n) is 10.9. The molecule has 2 fully saturated rings. The lowest BCUT2D eigenvalue weighted by atomic mass is 9.73. The molecule has 2 aliphatic rings. The molecule has 1 N–H and O–H groups in total. The average molecular weight is 240 g/mol. The number of rotatable bonds is 3. The smallest absolute Gasteiger partial charge is 0.248 e. The van der Waals surface area contributed by atoms with Crippen LogP contribution in [-0.2, 0) is 4.79 Å². The summed E-state index contributed by atoms with van der Waals surface area (Å²) < 4.78 is 0. The Morgan fingerprint density at radius 2 is 1.82 bits per heavy atom. The summed E-state index contributed by atoms with van der Waals surface area (Å²) in [6, 6.07) is 0.744. The van der Waals surface area contributed by atoms with Gasteiger partial charge < -0.3 is 10.0 Å². The van der Waals surface area contributed by atoms with Crippen molar-refractivity contribution in [1.29, 1.82) is 0 Å². The number of hydrogen-bond donors (Lipinski definition) is 1. The Balaban J connectivity index is 1.72. The molecule has 2 rings (SSSR count). The van der Waals surface area contributed by atoms with E-state index in [4.69, 9.17) is 5.11 Å². The molecule has 0 bridgehead atoms. The molecule has 1 aliphatic carbocycles. The Morgan fingerprint density at radius 3 is 2.29 bits per heavy atom. The van der Waals surface area contributed by atoms with E-state index in [0.717, 1.165) is 44.1 Å². The van der Waals surface area contributed by atoms with Gasteiger partial charge in [-0.3, -0.25) is 9.69 Å². The molecule has 98 valence electrons. The summed E-state index contributed by atoms with van der Waals surface area (Å²) in [6.45, 7) is 7.77. The van der Waals surface area contributed by atoms with Gasteiger partial charge in [-0.1, -0.05) is 13.8 Å². The fourth-order valence-electron chi connectivity index (χ4n) is 2.91. The molecule has 0 aromatic carbocycles. The van der Waals surface area contributed by atoms with E-state index < -0.39 is 0 Å². The third-order valence-electron chi connectivity index (χ3n) is 4.41. The second-order valence-electron chi connectivity index (χ2n) is 5.70. The number of aliphatic hydroxyl groups excluding tert-OH is 1. The van der Waals surface area contributed by atoms with Gasteiger partial charge in [-0.15, -0.1) is 0 Å². The Morgan fingerprint density at radius 1 is 1.24 bits per heavy atom. The second-order valence-corrected chi connectivity index (χ2v) is 5.70. The molecule has 0 atom stereocenters. The summed E-state index contributed by atoms with van der Waals surface area (Å²) in [4.78, 5) is 15.6. The molecule has 4 nitrogen and oxygen atoms in total.